The number of methoxy groups -OCH3 is 1. The first-order valence-corrected chi connectivity index (χ1v) is 8.30. The fourth-order valence-electron chi connectivity index (χ4n) is 2.63. The standard InChI is InChI=1S/C17H23F2N3O4/c1-10(2)14(16(23)22-4-6-26-7-5-22)21-17(24)20-11-8-12(18)15(25-3)13(19)9-11/h8-10,14H,4-7H2,1-3H3,(H2,20,21,24)/t14-/m1/s1. The fraction of sp³-hybridized carbons (Fsp3) is 0.529. The van der Waals surface area contributed by atoms with Crippen LogP contribution in [-0.4, -0.2) is 56.3 Å². The van der Waals surface area contributed by atoms with Crippen LogP contribution < -0.4 is 15.4 Å². The highest BCUT2D eigenvalue weighted by atomic mass is 19.1. The van der Waals surface area contributed by atoms with E-state index in [-0.39, 0.29) is 17.5 Å². The summed E-state index contributed by atoms with van der Waals surface area (Å²) in [5.41, 5.74) is -0.0837. The molecule has 2 N–H and O–H groups in total. The molecule has 1 aromatic rings. The summed E-state index contributed by atoms with van der Waals surface area (Å²) < 4.78 is 37.2. The summed E-state index contributed by atoms with van der Waals surface area (Å²) in [6, 6.07) is 0.390. The van der Waals surface area contributed by atoms with Crippen molar-refractivity contribution in [1.82, 2.24) is 10.2 Å². The van der Waals surface area contributed by atoms with E-state index in [0.717, 1.165) is 19.2 Å². The molecule has 0 aliphatic carbocycles. The lowest BCUT2D eigenvalue weighted by Gasteiger charge is -2.32. The Kier molecular flexibility index (Phi) is 6.73. The molecule has 0 radical (unpaired) electrons. The van der Waals surface area contributed by atoms with Crippen molar-refractivity contribution in [3.05, 3.63) is 23.8 Å². The average molecular weight is 371 g/mol. The minimum absolute atomic E-state index is 0.0837. The van der Waals surface area contributed by atoms with Gasteiger partial charge in [-0.3, -0.25) is 4.79 Å². The molecule has 1 aliphatic rings. The molecule has 144 valence electrons. The van der Waals surface area contributed by atoms with Crippen LogP contribution in [0.25, 0.3) is 0 Å². The molecule has 7 nitrogen and oxygen atoms in total. The number of nitrogens with zero attached hydrogens (tertiary/aromatic N) is 1. The number of carbonyl (C=O) groups is 2. The van der Waals surface area contributed by atoms with Crippen molar-refractivity contribution in [2.24, 2.45) is 5.92 Å². The number of carbonyl (C=O) groups excluding carboxylic acids is 2. The normalized spacial score (nSPS) is 15.5. The number of hydrogen-bond acceptors (Lipinski definition) is 4. The number of anilines is 1. The van der Waals surface area contributed by atoms with Crippen LogP contribution in [0.5, 0.6) is 5.75 Å². The van der Waals surface area contributed by atoms with Crippen LogP contribution in [0.2, 0.25) is 0 Å². The second-order valence-electron chi connectivity index (χ2n) is 6.23. The Labute approximate surface area is 150 Å². The van der Waals surface area contributed by atoms with E-state index in [1.165, 1.54) is 0 Å². The second kappa shape index (κ2) is 8.79. The van der Waals surface area contributed by atoms with Crippen LogP contribution in [0.15, 0.2) is 12.1 Å². The molecule has 1 heterocycles. The van der Waals surface area contributed by atoms with Gasteiger partial charge in [-0.15, -0.1) is 0 Å². The quantitative estimate of drug-likeness (QED) is 0.830. The first-order chi connectivity index (χ1) is 12.3. The van der Waals surface area contributed by atoms with Gasteiger partial charge in [-0.05, 0) is 5.92 Å². The maximum atomic E-state index is 13.7. The van der Waals surface area contributed by atoms with Crippen molar-refractivity contribution >= 4 is 17.6 Å². The van der Waals surface area contributed by atoms with Crippen molar-refractivity contribution < 1.29 is 27.8 Å². The Bertz CT molecular complexity index is 640. The van der Waals surface area contributed by atoms with E-state index in [2.05, 4.69) is 15.4 Å². The van der Waals surface area contributed by atoms with Crippen LogP contribution in [0.1, 0.15) is 13.8 Å². The first-order valence-electron chi connectivity index (χ1n) is 8.30. The molecule has 2 rings (SSSR count). The number of nitrogens with one attached hydrogen (secondary N) is 2. The molecule has 1 aromatic carbocycles. The van der Waals surface area contributed by atoms with Crippen molar-refractivity contribution in [2.45, 2.75) is 19.9 Å². The fourth-order valence-corrected chi connectivity index (χ4v) is 2.63. The van der Waals surface area contributed by atoms with E-state index in [0.29, 0.717) is 26.3 Å². The van der Waals surface area contributed by atoms with Crippen molar-refractivity contribution in [3.63, 3.8) is 0 Å². The molecule has 0 bridgehead atoms. The molecule has 0 spiro atoms. The van der Waals surface area contributed by atoms with Gasteiger partial charge in [0.05, 0.1) is 20.3 Å². The first kappa shape index (κ1) is 19.9. The molecule has 1 saturated heterocycles. The predicted octanol–water partition coefficient (Wildman–Crippen LogP) is 1.98. The lowest BCUT2D eigenvalue weighted by Crippen LogP contribution is -2.54. The summed E-state index contributed by atoms with van der Waals surface area (Å²) in [7, 11) is 1.14. The number of morpholine rings is 1. The molecule has 9 heteroatoms. The maximum absolute atomic E-state index is 13.7. The molecule has 1 aliphatic heterocycles. The zero-order chi connectivity index (χ0) is 19.3. The average Bonchev–Trinajstić information content (AvgIpc) is 2.59. The number of ether oxygens (including phenoxy) is 2. The topological polar surface area (TPSA) is 79.9 Å². The molecule has 1 atom stereocenters. The third-order valence-electron chi connectivity index (χ3n) is 4.00. The molecule has 1 fully saturated rings. The minimum atomic E-state index is -0.937. The van der Waals surface area contributed by atoms with Gasteiger partial charge >= 0.3 is 6.03 Å². The van der Waals surface area contributed by atoms with Crippen molar-refractivity contribution in [2.75, 3.05) is 38.7 Å². The lowest BCUT2D eigenvalue weighted by atomic mass is 10.0. The number of urea groups is 1. The molecule has 3 amide bonds. The zero-order valence-corrected chi connectivity index (χ0v) is 15.0. The van der Waals surface area contributed by atoms with Crippen LogP contribution in [0.3, 0.4) is 0 Å². The van der Waals surface area contributed by atoms with Crippen molar-refractivity contribution in [1.29, 1.82) is 0 Å². The lowest BCUT2D eigenvalue weighted by molar-refractivity contribution is -0.138. The Hall–Kier alpha value is -2.42. The number of halogens is 2. The summed E-state index contributed by atoms with van der Waals surface area (Å²) in [5, 5.41) is 4.91. The van der Waals surface area contributed by atoms with Gasteiger partial charge in [0, 0.05) is 30.9 Å². The summed E-state index contributed by atoms with van der Waals surface area (Å²) in [6.07, 6.45) is 0. The van der Waals surface area contributed by atoms with Crippen molar-refractivity contribution in [3.8, 4) is 5.75 Å². The molecule has 26 heavy (non-hydrogen) atoms. The smallest absolute Gasteiger partial charge is 0.319 e. The van der Waals surface area contributed by atoms with Crippen LogP contribution in [0, 0.1) is 17.6 Å². The Balaban J connectivity index is 2.04. The van der Waals surface area contributed by atoms with Gasteiger partial charge < -0.3 is 25.0 Å². The Morgan fingerprint density at radius 2 is 1.77 bits per heavy atom. The predicted molar refractivity (Wildman–Crippen MR) is 91.1 cm³/mol. The SMILES string of the molecule is COc1c(F)cc(NC(=O)N[C@@H](C(=O)N2CCOCC2)C(C)C)cc1F. The maximum Gasteiger partial charge on any atom is 0.319 e. The highest BCUT2D eigenvalue weighted by Gasteiger charge is 2.29. The van der Waals surface area contributed by atoms with Gasteiger partial charge in [0.15, 0.2) is 17.4 Å². The van der Waals surface area contributed by atoms with E-state index in [1.807, 2.05) is 0 Å². The van der Waals surface area contributed by atoms with E-state index < -0.39 is 29.5 Å². The largest absolute Gasteiger partial charge is 0.491 e. The Morgan fingerprint density at radius 3 is 2.27 bits per heavy atom. The number of hydrogen-bond donors (Lipinski definition) is 2. The minimum Gasteiger partial charge on any atom is -0.491 e. The molecule has 0 aromatic heterocycles. The highest BCUT2D eigenvalue weighted by molar-refractivity contribution is 5.94. The highest BCUT2D eigenvalue weighted by Crippen LogP contribution is 2.25. The number of amides is 3. The van der Waals surface area contributed by atoms with Gasteiger partial charge in [0.1, 0.15) is 6.04 Å². The van der Waals surface area contributed by atoms with Crippen LogP contribution in [-0.2, 0) is 9.53 Å². The van der Waals surface area contributed by atoms with E-state index in [1.54, 1.807) is 18.7 Å². The summed E-state index contributed by atoms with van der Waals surface area (Å²) in [4.78, 5) is 26.4. The zero-order valence-electron chi connectivity index (χ0n) is 15.0. The molecule has 0 unspecified atom stereocenters. The number of benzene rings is 1. The van der Waals surface area contributed by atoms with Gasteiger partial charge in [-0.1, -0.05) is 13.8 Å². The summed E-state index contributed by atoms with van der Waals surface area (Å²) in [5.74, 6) is -2.79. The molecular weight excluding hydrogens is 348 g/mol. The van der Waals surface area contributed by atoms with Gasteiger partial charge in [-0.25, -0.2) is 13.6 Å². The van der Waals surface area contributed by atoms with Crippen LogP contribution >= 0.6 is 0 Å². The number of rotatable bonds is 5. The third kappa shape index (κ3) is 4.81. The van der Waals surface area contributed by atoms with Gasteiger partial charge in [-0.2, -0.15) is 0 Å². The monoisotopic (exact) mass is 371 g/mol. The van der Waals surface area contributed by atoms with E-state index in [9.17, 15) is 18.4 Å². The molecule has 0 saturated carbocycles. The Morgan fingerprint density at radius 1 is 1.19 bits per heavy atom. The van der Waals surface area contributed by atoms with Gasteiger partial charge in [0.2, 0.25) is 5.91 Å². The second-order valence-corrected chi connectivity index (χ2v) is 6.23. The van der Waals surface area contributed by atoms with E-state index in [4.69, 9.17) is 4.74 Å². The molecular formula is C17H23F2N3O4. The van der Waals surface area contributed by atoms with Gasteiger partial charge in [0.25, 0.3) is 0 Å². The summed E-state index contributed by atoms with van der Waals surface area (Å²) >= 11 is 0. The third-order valence-corrected chi connectivity index (χ3v) is 4.00. The summed E-state index contributed by atoms with van der Waals surface area (Å²) in [6.45, 7) is 5.42. The van der Waals surface area contributed by atoms with Crippen LogP contribution in [0.4, 0.5) is 19.3 Å². The van der Waals surface area contributed by atoms with E-state index >= 15 is 0 Å².